The van der Waals surface area contributed by atoms with E-state index in [1.165, 1.54) is 7.11 Å². The Hall–Kier alpha value is -0.660. The van der Waals surface area contributed by atoms with E-state index >= 15 is 0 Å². The number of nitrogens with zero attached hydrogens (tertiary/aromatic N) is 1. The number of ether oxygens (including phenoxy) is 1. The second-order valence-corrected chi connectivity index (χ2v) is 6.71. The molecule has 1 fully saturated rings. The summed E-state index contributed by atoms with van der Waals surface area (Å²) in [5.74, 6) is -0.777. The smallest absolute Gasteiger partial charge is 0.319 e. The average molecular weight is 265 g/mol. The largest absolute Gasteiger partial charge is 0.468 e. The first-order valence-electron chi connectivity index (χ1n) is 5.48. The Kier molecular flexibility index (Phi) is 4.51. The summed E-state index contributed by atoms with van der Waals surface area (Å²) >= 11 is 0. The summed E-state index contributed by atoms with van der Waals surface area (Å²) in [6.45, 7) is 3.69. The lowest BCUT2D eigenvalue weighted by atomic mass is 10.1. The highest BCUT2D eigenvalue weighted by Crippen LogP contribution is 2.20. The Balaban J connectivity index is 2.82. The van der Waals surface area contributed by atoms with Crippen molar-refractivity contribution in [3.63, 3.8) is 0 Å². The van der Waals surface area contributed by atoms with Gasteiger partial charge in [0.2, 0.25) is 0 Å². The highest BCUT2D eigenvalue weighted by molar-refractivity contribution is 7.91. The maximum Gasteiger partial charge on any atom is 0.319 e. The van der Waals surface area contributed by atoms with E-state index in [-0.39, 0.29) is 24.1 Å². The molecule has 2 atom stereocenters. The summed E-state index contributed by atoms with van der Waals surface area (Å²) in [7, 11) is -1.93. The van der Waals surface area contributed by atoms with Gasteiger partial charge in [-0.1, -0.05) is 0 Å². The van der Waals surface area contributed by atoms with E-state index in [1.54, 1.807) is 4.90 Å². The van der Waals surface area contributed by atoms with Crippen molar-refractivity contribution in [2.24, 2.45) is 0 Å². The van der Waals surface area contributed by atoms with Crippen molar-refractivity contribution in [2.75, 3.05) is 25.2 Å². The van der Waals surface area contributed by atoms with Crippen LogP contribution in [0.4, 0.5) is 0 Å². The maximum atomic E-state index is 11.4. The summed E-state index contributed by atoms with van der Waals surface area (Å²) in [5, 5.41) is 9.76. The minimum Gasteiger partial charge on any atom is -0.468 e. The lowest BCUT2D eigenvalue weighted by molar-refractivity contribution is -0.143. The molecule has 7 heteroatoms. The summed E-state index contributed by atoms with van der Waals surface area (Å²) in [4.78, 5) is 12.9. The summed E-state index contributed by atoms with van der Waals surface area (Å²) in [6, 6.07) is -0.568. The summed E-state index contributed by atoms with van der Waals surface area (Å²) < 4.78 is 27.4. The molecule has 1 rings (SSSR count). The zero-order valence-electron chi connectivity index (χ0n) is 10.3. The highest BCUT2D eigenvalue weighted by atomic mass is 32.2. The van der Waals surface area contributed by atoms with Crippen LogP contribution in [0.5, 0.6) is 0 Å². The molecule has 0 spiro atoms. The number of carbonyl (C=O) groups is 1. The quantitative estimate of drug-likeness (QED) is 0.658. The second-order valence-electron chi connectivity index (χ2n) is 4.55. The van der Waals surface area contributed by atoms with Crippen molar-refractivity contribution < 1.29 is 23.1 Å². The monoisotopic (exact) mass is 265 g/mol. The molecule has 1 N–H and O–H groups in total. The zero-order valence-corrected chi connectivity index (χ0v) is 11.1. The summed E-state index contributed by atoms with van der Waals surface area (Å²) in [6.07, 6.45) is -0.938. The predicted molar refractivity (Wildman–Crippen MR) is 62.3 cm³/mol. The molecule has 0 aliphatic carbocycles. The van der Waals surface area contributed by atoms with Gasteiger partial charge in [0.25, 0.3) is 0 Å². The molecule has 1 aliphatic rings. The Labute approximate surface area is 101 Å². The van der Waals surface area contributed by atoms with Gasteiger partial charge in [0.05, 0.1) is 37.3 Å². The van der Waals surface area contributed by atoms with E-state index in [0.29, 0.717) is 0 Å². The standard InChI is InChI=1S/C10H19NO5S/c1-7(2)11(4-10(13)16-3)8-5-17(14,15)6-9(8)12/h7-9,12H,4-6H2,1-3H3. The molecule has 1 saturated heterocycles. The molecular formula is C10H19NO5S. The van der Waals surface area contributed by atoms with Crippen LogP contribution in [0.2, 0.25) is 0 Å². The molecule has 0 aromatic heterocycles. The Morgan fingerprint density at radius 3 is 2.41 bits per heavy atom. The molecule has 0 saturated carbocycles. The fourth-order valence-electron chi connectivity index (χ4n) is 2.02. The van der Waals surface area contributed by atoms with Gasteiger partial charge in [0.15, 0.2) is 9.84 Å². The van der Waals surface area contributed by atoms with E-state index in [1.807, 2.05) is 13.8 Å². The number of aliphatic hydroxyl groups excluding tert-OH is 1. The van der Waals surface area contributed by atoms with Gasteiger partial charge in [-0.05, 0) is 13.8 Å². The molecule has 6 nitrogen and oxygen atoms in total. The number of rotatable bonds is 4. The van der Waals surface area contributed by atoms with Gasteiger partial charge < -0.3 is 9.84 Å². The van der Waals surface area contributed by atoms with E-state index in [9.17, 15) is 18.3 Å². The Morgan fingerprint density at radius 2 is 2.06 bits per heavy atom. The normalized spacial score (nSPS) is 27.6. The number of esters is 1. The summed E-state index contributed by atoms with van der Waals surface area (Å²) in [5.41, 5.74) is 0. The van der Waals surface area contributed by atoms with Crippen LogP contribution in [0.25, 0.3) is 0 Å². The van der Waals surface area contributed by atoms with Crippen molar-refractivity contribution in [2.45, 2.75) is 32.0 Å². The zero-order chi connectivity index (χ0) is 13.2. The molecule has 0 aromatic rings. The molecule has 1 aliphatic heterocycles. The molecule has 0 radical (unpaired) electrons. The number of aliphatic hydroxyl groups is 1. The number of methoxy groups -OCH3 is 1. The van der Waals surface area contributed by atoms with Gasteiger partial charge in [-0.25, -0.2) is 8.42 Å². The van der Waals surface area contributed by atoms with Crippen LogP contribution in [0.3, 0.4) is 0 Å². The fraction of sp³-hybridized carbons (Fsp3) is 0.900. The second kappa shape index (κ2) is 5.32. The number of hydrogen-bond donors (Lipinski definition) is 1. The van der Waals surface area contributed by atoms with Crippen LogP contribution in [0, 0.1) is 0 Å². The van der Waals surface area contributed by atoms with Gasteiger partial charge in [-0.2, -0.15) is 0 Å². The van der Waals surface area contributed by atoms with E-state index < -0.39 is 28.0 Å². The van der Waals surface area contributed by atoms with Crippen LogP contribution in [-0.4, -0.2) is 67.7 Å². The molecule has 0 amide bonds. The van der Waals surface area contributed by atoms with Crippen LogP contribution >= 0.6 is 0 Å². The van der Waals surface area contributed by atoms with Crippen LogP contribution < -0.4 is 0 Å². The minimum absolute atomic E-state index is 0.00852. The Bertz CT molecular complexity index is 378. The van der Waals surface area contributed by atoms with Gasteiger partial charge in [0, 0.05) is 6.04 Å². The average Bonchev–Trinajstić information content (AvgIpc) is 2.47. The number of hydrogen-bond acceptors (Lipinski definition) is 6. The van der Waals surface area contributed by atoms with Crippen molar-refractivity contribution in [3.8, 4) is 0 Å². The molecule has 0 bridgehead atoms. The molecule has 1 heterocycles. The number of carbonyl (C=O) groups excluding carboxylic acids is 1. The third kappa shape index (κ3) is 3.65. The van der Waals surface area contributed by atoms with Gasteiger partial charge in [0.1, 0.15) is 0 Å². The van der Waals surface area contributed by atoms with Crippen molar-refractivity contribution in [1.29, 1.82) is 0 Å². The lowest BCUT2D eigenvalue weighted by Gasteiger charge is -2.32. The van der Waals surface area contributed by atoms with Crippen LogP contribution in [0.15, 0.2) is 0 Å². The third-order valence-electron chi connectivity index (χ3n) is 2.92. The number of sulfone groups is 1. The lowest BCUT2D eigenvalue weighted by Crippen LogP contribution is -2.49. The van der Waals surface area contributed by atoms with Crippen LogP contribution in [0.1, 0.15) is 13.8 Å². The molecule has 2 unspecified atom stereocenters. The third-order valence-corrected chi connectivity index (χ3v) is 4.62. The van der Waals surface area contributed by atoms with Crippen LogP contribution in [-0.2, 0) is 19.4 Å². The SMILES string of the molecule is COC(=O)CN(C(C)C)C1CS(=O)(=O)CC1O. The molecule has 100 valence electrons. The molecule has 17 heavy (non-hydrogen) atoms. The van der Waals surface area contributed by atoms with Crippen molar-refractivity contribution >= 4 is 15.8 Å². The van der Waals surface area contributed by atoms with E-state index in [2.05, 4.69) is 4.74 Å². The fourth-order valence-corrected chi connectivity index (χ4v) is 3.84. The highest BCUT2D eigenvalue weighted by Gasteiger charge is 2.41. The minimum atomic E-state index is -3.21. The first-order chi connectivity index (χ1) is 7.76. The van der Waals surface area contributed by atoms with Gasteiger partial charge >= 0.3 is 5.97 Å². The first kappa shape index (κ1) is 14.4. The Morgan fingerprint density at radius 1 is 1.47 bits per heavy atom. The maximum absolute atomic E-state index is 11.4. The predicted octanol–water partition coefficient (Wildman–Crippen LogP) is -0.972. The van der Waals surface area contributed by atoms with Gasteiger partial charge in [-0.3, -0.25) is 9.69 Å². The van der Waals surface area contributed by atoms with Gasteiger partial charge in [-0.15, -0.1) is 0 Å². The topological polar surface area (TPSA) is 83.9 Å². The molecule has 0 aromatic carbocycles. The van der Waals surface area contributed by atoms with E-state index in [4.69, 9.17) is 0 Å². The molecular weight excluding hydrogens is 246 g/mol. The van der Waals surface area contributed by atoms with Crippen molar-refractivity contribution in [3.05, 3.63) is 0 Å². The van der Waals surface area contributed by atoms with E-state index in [0.717, 1.165) is 0 Å². The first-order valence-corrected chi connectivity index (χ1v) is 7.30. The van der Waals surface area contributed by atoms with Crippen molar-refractivity contribution in [1.82, 2.24) is 4.90 Å².